The predicted octanol–water partition coefficient (Wildman–Crippen LogP) is 2.41. The van der Waals surface area contributed by atoms with E-state index in [-0.39, 0.29) is 12.0 Å². The van der Waals surface area contributed by atoms with Gasteiger partial charge in [0.25, 0.3) is 5.78 Å². The van der Waals surface area contributed by atoms with Gasteiger partial charge in [-0.15, -0.1) is 0 Å². The van der Waals surface area contributed by atoms with Crippen LogP contribution in [0.15, 0.2) is 24.3 Å². The quantitative estimate of drug-likeness (QED) is 0.844. The molecule has 1 aromatic carbocycles. The van der Waals surface area contributed by atoms with Crippen LogP contribution in [0, 0.1) is 0 Å². The number of rotatable bonds is 4. The molecule has 0 aliphatic carbocycles. The molecule has 18 heavy (non-hydrogen) atoms. The number of ketones is 1. The Morgan fingerprint density at radius 3 is 2.28 bits per heavy atom. The monoisotopic (exact) mass is 259 g/mol. The zero-order chi connectivity index (χ0) is 13.9. The SMILES string of the molecule is CCC(C(N)=O)c1ccccc1C(=O)C(F)(F)F. The number of Topliss-reactive ketones (excluding diaryl/α,β-unsaturated/α-hetero) is 1. The largest absolute Gasteiger partial charge is 0.454 e. The van der Waals surface area contributed by atoms with Crippen molar-refractivity contribution in [2.45, 2.75) is 25.4 Å². The molecule has 0 bridgehead atoms. The van der Waals surface area contributed by atoms with Crippen LogP contribution in [0.5, 0.6) is 0 Å². The minimum Gasteiger partial charge on any atom is -0.369 e. The van der Waals surface area contributed by atoms with E-state index in [1.807, 2.05) is 0 Å². The number of benzene rings is 1. The molecule has 0 aliphatic rings. The summed E-state index contributed by atoms with van der Waals surface area (Å²) in [5.74, 6) is -3.61. The third-order valence-electron chi connectivity index (χ3n) is 2.59. The van der Waals surface area contributed by atoms with Crippen LogP contribution in [0.4, 0.5) is 13.2 Å². The van der Waals surface area contributed by atoms with Gasteiger partial charge in [-0.25, -0.2) is 0 Å². The van der Waals surface area contributed by atoms with Gasteiger partial charge < -0.3 is 5.73 Å². The molecule has 0 saturated heterocycles. The van der Waals surface area contributed by atoms with Gasteiger partial charge in [0.2, 0.25) is 5.91 Å². The predicted molar refractivity (Wildman–Crippen MR) is 59.1 cm³/mol. The Kier molecular flexibility index (Phi) is 4.11. The Labute approximate surface area is 102 Å². The Balaban J connectivity index is 3.30. The first kappa shape index (κ1) is 14.2. The van der Waals surface area contributed by atoms with Gasteiger partial charge in [0.05, 0.1) is 5.92 Å². The fourth-order valence-corrected chi connectivity index (χ4v) is 1.73. The Bertz CT molecular complexity index is 469. The molecule has 0 heterocycles. The summed E-state index contributed by atoms with van der Waals surface area (Å²) in [5, 5.41) is 0. The van der Waals surface area contributed by atoms with Gasteiger partial charge in [0.1, 0.15) is 0 Å². The van der Waals surface area contributed by atoms with Crippen molar-refractivity contribution in [1.29, 1.82) is 0 Å². The zero-order valence-corrected chi connectivity index (χ0v) is 9.62. The Morgan fingerprint density at radius 2 is 1.83 bits per heavy atom. The van der Waals surface area contributed by atoms with Gasteiger partial charge in [0.15, 0.2) is 0 Å². The number of carbonyl (C=O) groups excluding carboxylic acids is 2. The van der Waals surface area contributed by atoms with Crippen molar-refractivity contribution in [3.8, 4) is 0 Å². The first-order valence-electron chi connectivity index (χ1n) is 5.28. The number of hydrogen-bond acceptors (Lipinski definition) is 2. The van der Waals surface area contributed by atoms with Gasteiger partial charge in [-0.1, -0.05) is 31.2 Å². The second-order valence-corrected chi connectivity index (χ2v) is 3.78. The van der Waals surface area contributed by atoms with E-state index >= 15 is 0 Å². The van der Waals surface area contributed by atoms with Crippen molar-refractivity contribution in [2.75, 3.05) is 0 Å². The van der Waals surface area contributed by atoms with Crippen LogP contribution in [-0.4, -0.2) is 17.9 Å². The zero-order valence-electron chi connectivity index (χ0n) is 9.62. The Hall–Kier alpha value is -1.85. The maximum absolute atomic E-state index is 12.4. The van der Waals surface area contributed by atoms with Crippen LogP contribution in [0.3, 0.4) is 0 Å². The molecule has 1 amide bonds. The summed E-state index contributed by atoms with van der Waals surface area (Å²) in [7, 11) is 0. The average molecular weight is 259 g/mol. The summed E-state index contributed by atoms with van der Waals surface area (Å²) in [6.45, 7) is 1.62. The highest BCUT2D eigenvalue weighted by molar-refractivity contribution is 6.02. The molecule has 1 atom stereocenters. The summed E-state index contributed by atoms with van der Waals surface area (Å²) in [5.41, 5.74) is 4.63. The first-order chi connectivity index (χ1) is 8.29. The van der Waals surface area contributed by atoms with E-state index in [0.29, 0.717) is 0 Å². The van der Waals surface area contributed by atoms with Crippen LogP contribution < -0.4 is 5.73 Å². The fourth-order valence-electron chi connectivity index (χ4n) is 1.73. The molecule has 1 unspecified atom stereocenters. The molecule has 0 spiro atoms. The van der Waals surface area contributed by atoms with Crippen LogP contribution >= 0.6 is 0 Å². The minimum absolute atomic E-state index is 0.0230. The van der Waals surface area contributed by atoms with Crippen molar-refractivity contribution in [1.82, 2.24) is 0 Å². The summed E-state index contributed by atoms with van der Waals surface area (Å²) in [4.78, 5) is 22.4. The summed E-state index contributed by atoms with van der Waals surface area (Å²) < 4.78 is 37.3. The molecule has 98 valence electrons. The molecule has 0 aliphatic heterocycles. The number of nitrogens with two attached hydrogens (primary N) is 1. The standard InChI is InChI=1S/C12H12F3NO2/c1-2-7(11(16)18)8-5-3-4-6-9(8)10(17)12(13,14)15/h3-7H,2H2,1H3,(H2,16,18). The average Bonchev–Trinajstić information content (AvgIpc) is 2.28. The van der Waals surface area contributed by atoms with Crippen LogP contribution in [-0.2, 0) is 4.79 Å². The molecule has 2 N–H and O–H groups in total. The molecular formula is C12H12F3NO2. The lowest BCUT2D eigenvalue weighted by molar-refractivity contribution is -0.119. The second kappa shape index (κ2) is 5.20. The highest BCUT2D eigenvalue weighted by Crippen LogP contribution is 2.28. The van der Waals surface area contributed by atoms with Gasteiger partial charge in [0, 0.05) is 5.56 Å². The molecule has 0 saturated carbocycles. The van der Waals surface area contributed by atoms with Crippen molar-refractivity contribution < 1.29 is 22.8 Å². The smallest absolute Gasteiger partial charge is 0.369 e. The van der Waals surface area contributed by atoms with E-state index < -0.39 is 29.3 Å². The lowest BCUT2D eigenvalue weighted by atomic mass is 9.90. The van der Waals surface area contributed by atoms with Crippen molar-refractivity contribution in [2.24, 2.45) is 5.73 Å². The number of primary amides is 1. The summed E-state index contributed by atoms with van der Waals surface area (Å²) >= 11 is 0. The molecule has 3 nitrogen and oxygen atoms in total. The topological polar surface area (TPSA) is 60.2 Å². The number of hydrogen-bond donors (Lipinski definition) is 1. The van der Waals surface area contributed by atoms with Crippen LogP contribution in [0.1, 0.15) is 35.2 Å². The number of carbonyl (C=O) groups is 2. The highest BCUT2D eigenvalue weighted by atomic mass is 19.4. The third-order valence-corrected chi connectivity index (χ3v) is 2.59. The fraction of sp³-hybridized carbons (Fsp3) is 0.333. The second-order valence-electron chi connectivity index (χ2n) is 3.78. The number of alkyl halides is 3. The maximum Gasteiger partial charge on any atom is 0.454 e. The van der Waals surface area contributed by atoms with Crippen LogP contribution in [0.2, 0.25) is 0 Å². The van der Waals surface area contributed by atoms with E-state index in [0.717, 1.165) is 6.07 Å². The van der Waals surface area contributed by atoms with E-state index in [2.05, 4.69) is 0 Å². The van der Waals surface area contributed by atoms with E-state index in [1.165, 1.54) is 18.2 Å². The minimum atomic E-state index is -4.97. The molecule has 1 rings (SSSR count). The lowest BCUT2D eigenvalue weighted by Gasteiger charge is -2.16. The van der Waals surface area contributed by atoms with E-state index in [9.17, 15) is 22.8 Å². The maximum atomic E-state index is 12.4. The van der Waals surface area contributed by atoms with Crippen molar-refractivity contribution >= 4 is 11.7 Å². The molecular weight excluding hydrogens is 247 g/mol. The number of amides is 1. The molecule has 1 aromatic rings. The first-order valence-corrected chi connectivity index (χ1v) is 5.28. The third kappa shape index (κ3) is 2.88. The Morgan fingerprint density at radius 1 is 1.28 bits per heavy atom. The van der Waals surface area contributed by atoms with E-state index in [1.54, 1.807) is 6.92 Å². The molecule has 6 heteroatoms. The lowest BCUT2D eigenvalue weighted by Crippen LogP contribution is -2.27. The van der Waals surface area contributed by atoms with Crippen molar-refractivity contribution in [3.05, 3.63) is 35.4 Å². The highest BCUT2D eigenvalue weighted by Gasteiger charge is 2.41. The number of halogens is 3. The van der Waals surface area contributed by atoms with Gasteiger partial charge >= 0.3 is 6.18 Å². The molecule has 0 radical (unpaired) electrons. The summed E-state index contributed by atoms with van der Waals surface area (Å²) in [6.07, 6.45) is -4.73. The molecule has 0 aromatic heterocycles. The van der Waals surface area contributed by atoms with E-state index in [4.69, 9.17) is 5.73 Å². The van der Waals surface area contributed by atoms with Gasteiger partial charge in [-0.2, -0.15) is 13.2 Å². The van der Waals surface area contributed by atoms with Crippen LogP contribution in [0.25, 0.3) is 0 Å². The van der Waals surface area contributed by atoms with Gasteiger partial charge in [-0.3, -0.25) is 9.59 Å². The van der Waals surface area contributed by atoms with Gasteiger partial charge in [-0.05, 0) is 12.0 Å². The molecule has 0 fully saturated rings. The van der Waals surface area contributed by atoms with Crippen molar-refractivity contribution in [3.63, 3.8) is 0 Å². The normalized spacial score (nSPS) is 13.1. The summed E-state index contributed by atoms with van der Waals surface area (Å²) in [6, 6.07) is 5.15.